The summed E-state index contributed by atoms with van der Waals surface area (Å²) in [5, 5.41) is 3.12. The maximum Gasteiger partial charge on any atom is 0.222 e. The zero-order valence-electron chi connectivity index (χ0n) is 11.8. The van der Waals surface area contributed by atoms with Crippen molar-refractivity contribution in [3.63, 3.8) is 0 Å². The van der Waals surface area contributed by atoms with Crippen LogP contribution >= 0.6 is 0 Å². The summed E-state index contributed by atoms with van der Waals surface area (Å²) in [4.78, 5) is 12.0. The Balaban J connectivity index is 1.79. The lowest BCUT2D eigenvalue weighted by Crippen LogP contribution is -2.63. The Morgan fingerprint density at radius 1 is 1.44 bits per heavy atom. The van der Waals surface area contributed by atoms with E-state index in [2.05, 4.69) is 19.2 Å². The third kappa shape index (κ3) is 2.54. The van der Waals surface area contributed by atoms with E-state index in [-0.39, 0.29) is 29.0 Å². The van der Waals surface area contributed by atoms with Crippen LogP contribution in [-0.2, 0) is 9.53 Å². The van der Waals surface area contributed by atoms with E-state index in [0.717, 1.165) is 32.3 Å². The molecule has 2 unspecified atom stereocenters. The highest BCUT2D eigenvalue weighted by atomic mass is 16.5. The fraction of sp³-hybridized carbons (Fsp3) is 0.929. The number of carbonyl (C=O) groups excluding carboxylic acids is 1. The van der Waals surface area contributed by atoms with E-state index in [9.17, 15) is 4.79 Å². The number of nitrogens with two attached hydrogens (primary N) is 1. The number of ether oxygens (including phenoxy) is 1. The zero-order chi connectivity index (χ0) is 13.4. The quantitative estimate of drug-likeness (QED) is 0.783. The van der Waals surface area contributed by atoms with Crippen molar-refractivity contribution in [2.75, 3.05) is 6.61 Å². The second-order valence-electron chi connectivity index (χ2n) is 6.51. The van der Waals surface area contributed by atoms with E-state index in [4.69, 9.17) is 10.5 Å². The number of hydrogen-bond donors (Lipinski definition) is 2. The molecule has 4 heteroatoms. The summed E-state index contributed by atoms with van der Waals surface area (Å²) < 4.78 is 5.66. The minimum absolute atomic E-state index is 0.0348. The lowest BCUT2D eigenvalue weighted by atomic mass is 9.64. The van der Waals surface area contributed by atoms with Crippen LogP contribution in [0.4, 0.5) is 0 Å². The maximum atomic E-state index is 12.0. The maximum absolute atomic E-state index is 12.0. The van der Waals surface area contributed by atoms with E-state index < -0.39 is 0 Å². The van der Waals surface area contributed by atoms with Crippen LogP contribution in [-0.4, -0.2) is 30.2 Å². The molecule has 0 aromatic carbocycles. The molecule has 2 rings (SSSR count). The van der Waals surface area contributed by atoms with Gasteiger partial charge in [0.2, 0.25) is 5.91 Å². The third-order valence-electron chi connectivity index (χ3n) is 4.74. The SMILES string of the molecule is CCOC1CC(NC(=O)CC2(N)CCC2)C1(C)C. The van der Waals surface area contributed by atoms with Crippen LogP contribution in [0.2, 0.25) is 0 Å². The van der Waals surface area contributed by atoms with E-state index in [1.54, 1.807) is 0 Å². The Kier molecular flexibility index (Phi) is 3.70. The molecule has 4 nitrogen and oxygen atoms in total. The predicted octanol–water partition coefficient (Wildman–Crippen LogP) is 1.58. The molecular weight excluding hydrogens is 228 g/mol. The largest absolute Gasteiger partial charge is 0.378 e. The fourth-order valence-electron chi connectivity index (χ4n) is 2.99. The summed E-state index contributed by atoms with van der Waals surface area (Å²) in [5.74, 6) is 0.102. The van der Waals surface area contributed by atoms with Crippen molar-refractivity contribution in [2.24, 2.45) is 11.1 Å². The molecule has 0 radical (unpaired) electrons. The van der Waals surface area contributed by atoms with Crippen LogP contribution in [0, 0.1) is 5.41 Å². The Hall–Kier alpha value is -0.610. The first-order chi connectivity index (χ1) is 8.37. The number of hydrogen-bond acceptors (Lipinski definition) is 3. The van der Waals surface area contributed by atoms with Gasteiger partial charge in [0.1, 0.15) is 0 Å². The molecule has 18 heavy (non-hydrogen) atoms. The van der Waals surface area contributed by atoms with Crippen LogP contribution in [0.3, 0.4) is 0 Å². The van der Waals surface area contributed by atoms with Gasteiger partial charge in [-0.05, 0) is 32.6 Å². The number of amides is 1. The monoisotopic (exact) mass is 254 g/mol. The summed E-state index contributed by atoms with van der Waals surface area (Å²) in [6.07, 6.45) is 4.78. The average Bonchev–Trinajstić information content (AvgIpc) is 2.25. The van der Waals surface area contributed by atoms with Crippen molar-refractivity contribution >= 4 is 5.91 Å². The third-order valence-corrected chi connectivity index (χ3v) is 4.74. The van der Waals surface area contributed by atoms with Crippen molar-refractivity contribution in [3.8, 4) is 0 Å². The molecule has 3 N–H and O–H groups in total. The van der Waals surface area contributed by atoms with Crippen LogP contribution in [0.5, 0.6) is 0 Å². The second kappa shape index (κ2) is 4.82. The first kappa shape index (κ1) is 13.8. The summed E-state index contributed by atoms with van der Waals surface area (Å²) in [6.45, 7) is 7.06. The van der Waals surface area contributed by atoms with Crippen LogP contribution in [0.15, 0.2) is 0 Å². The summed E-state index contributed by atoms with van der Waals surface area (Å²) >= 11 is 0. The van der Waals surface area contributed by atoms with Crippen LogP contribution < -0.4 is 11.1 Å². The highest BCUT2D eigenvalue weighted by Gasteiger charge is 2.49. The summed E-state index contributed by atoms with van der Waals surface area (Å²) in [7, 11) is 0. The van der Waals surface area contributed by atoms with E-state index in [1.165, 1.54) is 0 Å². The molecule has 2 aliphatic rings. The molecule has 2 atom stereocenters. The van der Waals surface area contributed by atoms with Crippen LogP contribution in [0.1, 0.15) is 52.9 Å². The number of rotatable bonds is 5. The second-order valence-corrected chi connectivity index (χ2v) is 6.51. The van der Waals surface area contributed by atoms with Crippen molar-refractivity contribution in [1.29, 1.82) is 0 Å². The number of carbonyl (C=O) groups is 1. The first-order valence-corrected chi connectivity index (χ1v) is 7.07. The highest BCUT2D eigenvalue weighted by Crippen LogP contribution is 2.43. The van der Waals surface area contributed by atoms with Gasteiger partial charge >= 0.3 is 0 Å². The van der Waals surface area contributed by atoms with Gasteiger partial charge in [-0.15, -0.1) is 0 Å². The average molecular weight is 254 g/mol. The molecule has 0 heterocycles. The lowest BCUT2D eigenvalue weighted by molar-refractivity contribution is -0.138. The normalized spacial score (nSPS) is 32.2. The molecular formula is C14H26N2O2. The van der Waals surface area contributed by atoms with Crippen molar-refractivity contribution in [1.82, 2.24) is 5.32 Å². The van der Waals surface area contributed by atoms with E-state index in [0.29, 0.717) is 6.42 Å². The molecule has 1 amide bonds. The molecule has 0 aromatic heterocycles. The predicted molar refractivity (Wildman–Crippen MR) is 71.1 cm³/mol. The minimum atomic E-state index is -0.225. The zero-order valence-corrected chi connectivity index (χ0v) is 11.8. The van der Waals surface area contributed by atoms with E-state index in [1.807, 2.05) is 6.92 Å². The molecule has 104 valence electrons. The molecule has 2 saturated carbocycles. The molecule has 2 aliphatic carbocycles. The smallest absolute Gasteiger partial charge is 0.222 e. The fourth-order valence-corrected chi connectivity index (χ4v) is 2.99. The molecule has 0 spiro atoms. The summed E-state index contributed by atoms with van der Waals surface area (Å²) in [5.41, 5.74) is 5.91. The van der Waals surface area contributed by atoms with Gasteiger partial charge in [-0.25, -0.2) is 0 Å². The van der Waals surface area contributed by atoms with Gasteiger partial charge in [-0.2, -0.15) is 0 Å². The Bertz CT molecular complexity index is 324. The van der Waals surface area contributed by atoms with Crippen molar-refractivity contribution in [3.05, 3.63) is 0 Å². The van der Waals surface area contributed by atoms with Gasteiger partial charge in [-0.3, -0.25) is 4.79 Å². The highest BCUT2D eigenvalue weighted by molar-refractivity contribution is 5.78. The molecule has 0 bridgehead atoms. The molecule has 0 aromatic rings. The summed E-state index contributed by atoms with van der Waals surface area (Å²) in [6, 6.07) is 0.227. The molecule has 0 saturated heterocycles. The standard InChI is InChI=1S/C14H26N2O2/c1-4-18-11-8-10(13(11,2)3)16-12(17)9-14(15)6-5-7-14/h10-11H,4-9,15H2,1-3H3,(H,16,17). The molecule has 0 aliphatic heterocycles. The van der Waals surface area contributed by atoms with Gasteiger partial charge in [0.15, 0.2) is 0 Å². The Labute approximate surface area is 110 Å². The minimum Gasteiger partial charge on any atom is -0.378 e. The Morgan fingerprint density at radius 2 is 2.11 bits per heavy atom. The Morgan fingerprint density at radius 3 is 2.56 bits per heavy atom. The first-order valence-electron chi connectivity index (χ1n) is 7.07. The van der Waals surface area contributed by atoms with Gasteiger partial charge in [0.25, 0.3) is 0 Å². The van der Waals surface area contributed by atoms with Crippen molar-refractivity contribution in [2.45, 2.75) is 70.6 Å². The van der Waals surface area contributed by atoms with Crippen LogP contribution in [0.25, 0.3) is 0 Å². The van der Waals surface area contributed by atoms with Gasteiger partial charge in [-0.1, -0.05) is 13.8 Å². The van der Waals surface area contributed by atoms with Gasteiger partial charge in [0.05, 0.1) is 6.10 Å². The van der Waals surface area contributed by atoms with Gasteiger partial charge < -0.3 is 15.8 Å². The van der Waals surface area contributed by atoms with Gasteiger partial charge in [0, 0.05) is 30.0 Å². The molecule has 2 fully saturated rings. The van der Waals surface area contributed by atoms with E-state index >= 15 is 0 Å². The number of nitrogens with one attached hydrogen (secondary N) is 1. The lowest BCUT2D eigenvalue weighted by Gasteiger charge is -2.52. The van der Waals surface area contributed by atoms with Crippen molar-refractivity contribution < 1.29 is 9.53 Å². The topological polar surface area (TPSA) is 64.3 Å².